The van der Waals surface area contributed by atoms with Gasteiger partial charge in [0.05, 0.1) is 25.0 Å². The zero-order valence-corrected chi connectivity index (χ0v) is 23.0. The van der Waals surface area contributed by atoms with Gasteiger partial charge in [0.2, 0.25) is 0 Å². The Morgan fingerprint density at radius 2 is 1.44 bits per heavy atom. The Morgan fingerprint density at radius 3 is 2.12 bits per heavy atom. The Kier molecular flexibility index (Phi) is 10.5. The first-order chi connectivity index (χ1) is 20.1. The lowest BCUT2D eigenvalue weighted by atomic mass is 10.2. The second-order valence-corrected chi connectivity index (χ2v) is 8.90. The Bertz CT molecular complexity index is 1450. The zero-order chi connectivity index (χ0) is 28.9. The van der Waals surface area contributed by atoms with E-state index in [1.807, 2.05) is 44.2 Å². The Hall–Kier alpha value is -5.11. The van der Waals surface area contributed by atoms with Crippen molar-refractivity contribution < 1.29 is 28.5 Å². The largest absolute Gasteiger partial charge is 0.494 e. The number of nitrogens with one attached hydrogen (secondary N) is 1. The van der Waals surface area contributed by atoms with E-state index in [4.69, 9.17) is 18.9 Å². The number of hydrazone groups is 1. The van der Waals surface area contributed by atoms with Crippen LogP contribution in [0.1, 0.15) is 52.1 Å². The van der Waals surface area contributed by atoms with Crippen molar-refractivity contribution in [3.63, 3.8) is 0 Å². The summed E-state index contributed by atoms with van der Waals surface area (Å²) < 4.78 is 22.6. The normalized spacial score (nSPS) is 10.7. The number of amides is 1. The van der Waals surface area contributed by atoms with E-state index in [-0.39, 0.29) is 11.7 Å². The first-order valence-electron chi connectivity index (χ1n) is 13.4. The molecule has 1 amide bonds. The number of hydrogen-bond acceptors (Lipinski definition) is 7. The highest BCUT2D eigenvalue weighted by molar-refractivity contribution is 5.95. The third-order valence-electron chi connectivity index (χ3n) is 5.78. The Balaban J connectivity index is 1.32. The molecule has 4 aromatic carbocycles. The van der Waals surface area contributed by atoms with Crippen LogP contribution in [-0.2, 0) is 6.61 Å². The first kappa shape index (κ1) is 28.9. The smallest absolute Gasteiger partial charge is 0.343 e. The molecule has 0 aliphatic rings. The lowest BCUT2D eigenvalue weighted by Crippen LogP contribution is -2.17. The van der Waals surface area contributed by atoms with Crippen molar-refractivity contribution in [2.24, 2.45) is 5.10 Å². The minimum Gasteiger partial charge on any atom is -0.494 e. The molecule has 0 aliphatic heterocycles. The molecular weight excluding hydrogens is 520 g/mol. The minimum atomic E-state index is -0.516. The average Bonchev–Trinajstić information content (AvgIpc) is 3.01. The molecule has 0 spiro atoms. The number of hydrogen-bond donors (Lipinski definition) is 1. The third-order valence-corrected chi connectivity index (χ3v) is 5.78. The molecule has 4 aromatic rings. The van der Waals surface area contributed by atoms with Crippen LogP contribution in [0.15, 0.2) is 102 Å². The van der Waals surface area contributed by atoms with E-state index in [2.05, 4.69) is 10.5 Å². The summed E-state index contributed by atoms with van der Waals surface area (Å²) in [5.74, 6) is 1.13. The maximum Gasteiger partial charge on any atom is 0.343 e. The molecule has 0 heterocycles. The number of carbonyl (C=O) groups excluding carboxylic acids is 2. The van der Waals surface area contributed by atoms with Crippen molar-refractivity contribution in [3.05, 3.63) is 119 Å². The van der Waals surface area contributed by atoms with Crippen LogP contribution >= 0.6 is 0 Å². The van der Waals surface area contributed by atoms with E-state index in [0.29, 0.717) is 53.8 Å². The van der Waals surface area contributed by atoms with Gasteiger partial charge in [0.15, 0.2) is 11.5 Å². The molecule has 0 atom stereocenters. The fourth-order valence-electron chi connectivity index (χ4n) is 3.70. The standard InChI is InChI=1S/C33H32N2O6/c1-3-20-39-28-17-13-27(14-18-28)33(37)41-30-19-10-25(21-31(30)38-4-2)22-34-35-32(36)26-11-15-29(16-12-26)40-23-24-8-6-5-7-9-24/h5-19,21-22H,3-4,20,23H2,1-2H3,(H,35,36). The molecule has 0 saturated carbocycles. The number of esters is 1. The van der Waals surface area contributed by atoms with Crippen molar-refractivity contribution in [3.8, 4) is 23.0 Å². The van der Waals surface area contributed by atoms with E-state index in [1.54, 1.807) is 66.7 Å². The number of rotatable bonds is 13. The summed E-state index contributed by atoms with van der Waals surface area (Å²) in [5.41, 5.74) is 5.05. The van der Waals surface area contributed by atoms with Gasteiger partial charge in [-0.1, -0.05) is 37.3 Å². The van der Waals surface area contributed by atoms with Crippen LogP contribution in [0.5, 0.6) is 23.0 Å². The van der Waals surface area contributed by atoms with Crippen LogP contribution in [-0.4, -0.2) is 31.3 Å². The zero-order valence-electron chi connectivity index (χ0n) is 23.0. The molecule has 1 N–H and O–H groups in total. The van der Waals surface area contributed by atoms with Gasteiger partial charge in [0.1, 0.15) is 18.1 Å². The molecule has 41 heavy (non-hydrogen) atoms. The number of ether oxygens (including phenoxy) is 4. The molecule has 0 saturated heterocycles. The topological polar surface area (TPSA) is 95.5 Å². The lowest BCUT2D eigenvalue weighted by Gasteiger charge is -2.12. The van der Waals surface area contributed by atoms with E-state index in [1.165, 1.54) is 6.21 Å². The summed E-state index contributed by atoms with van der Waals surface area (Å²) >= 11 is 0. The van der Waals surface area contributed by atoms with Gasteiger partial charge < -0.3 is 18.9 Å². The van der Waals surface area contributed by atoms with Gasteiger partial charge in [0, 0.05) is 5.56 Å². The summed E-state index contributed by atoms with van der Waals surface area (Å²) in [6.45, 7) is 5.29. The second-order valence-electron chi connectivity index (χ2n) is 8.90. The van der Waals surface area contributed by atoms with Gasteiger partial charge in [-0.05, 0) is 91.2 Å². The van der Waals surface area contributed by atoms with Gasteiger partial charge in [-0.15, -0.1) is 0 Å². The van der Waals surface area contributed by atoms with Crippen molar-refractivity contribution in [1.29, 1.82) is 0 Å². The molecule has 4 rings (SSSR count). The van der Waals surface area contributed by atoms with Gasteiger partial charge in [-0.25, -0.2) is 10.2 Å². The van der Waals surface area contributed by atoms with Crippen LogP contribution in [0, 0.1) is 0 Å². The fraction of sp³-hybridized carbons (Fsp3) is 0.182. The van der Waals surface area contributed by atoms with E-state index in [9.17, 15) is 9.59 Å². The predicted octanol–water partition coefficient (Wildman–Crippen LogP) is 6.44. The number of nitrogens with zero attached hydrogens (tertiary/aromatic N) is 1. The van der Waals surface area contributed by atoms with Gasteiger partial charge in [-0.2, -0.15) is 5.10 Å². The van der Waals surface area contributed by atoms with E-state index >= 15 is 0 Å². The second kappa shape index (κ2) is 14.9. The molecule has 210 valence electrons. The van der Waals surface area contributed by atoms with Crippen molar-refractivity contribution in [2.75, 3.05) is 13.2 Å². The maximum atomic E-state index is 12.7. The van der Waals surface area contributed by atoms with E-state index < -0.39 is 5.97 Å². The van der Waals surface area contributed by atoms with Crippen molar-refractivity contribution in [2.45, 2.75) is 26.9 Å². The number of carbonyl (C=O) groups is 2. The predicted molar refractivity (Wildman–Crippen MR) is 157 cm³/mol. The molecular formula is C33H32N2O6. The highest BCUT2D eigenvalue weighted by atomic mass is 16.6. The molecule has 0 bridgehead atoms. The molecule has 8 nitrogen and oxygen atoms in total. The monoisotopic (exact) mass is 552 g/mol. The molecule has 8 heteroatoms. The van der Waals surface area contributed by atoms with Crippen molar-refractivity contribution >= 4 is 18.1 Å². The van der Waals surface area contributed by atoms with E-state index in [0.717, 1.165) is 12.0 Å². The lowest BCUT2D eigenvalue weighted by molar-refractivity contribution is 0.0728. The van der Waals surface area contributed by atoms with Crippen LogP contribution in [0.25, 0.3) is 0 Å². The summed E-state index contributed by atoms with van der Waals surface area (Å²) in [7, 11) is 0. The molecule has 0 aliphatic carbocycles. The van der Waals surface area contributed by atoms with Crippen LogP contribution in [0.2, 0.25) is 0 Å². The van der Waals surface area contributed by atoms with Crippen LogP contribution in [0.4, 0.5) is 0 Å². The quantitative estimate of drug-likeness (QED) is 0.0888. The Labute approximate surface area is 239 Å². The molecule has 0 radical (unpaired) electrons. The fourth-order valence-corrected chi connectivity index (χ4v) is 3.70. The van der Waals surface area contributed by atoms with Gasteiger partial charge >= 0.3 is 5.97 Å². The first-order valence-corrected chi connectivity index (χ1v) is 13.4. The van der Waals surface area contributed by atoms with Crippen molar-refractivity contribution in [1.82, 2.24) is 5.43 Å². The maximum absolute atomic E-state index is 12.7. The van der Waals surface area contributed by atoms with Crippen LogP contribution < -0.4 is 24.4 Å². The highest BCUT2D eigenvalue weighted by Gasteiger charge is 2.14. The molecule has 0 unspecified atom stereocenters. The third kappa shape index (κ3) is 8.69. The van der Waals surface area contributed by atoms with Gasteiger partial charge in [0.25, 0.3) is 5.91 Å². The summed E-state index contributed by atoms with van der Waals surface area (Å²) in [4.78, 5) is 25.2. The average molecular weight is 553 g/mol. The Morgan fingerprint density at radius 1 is 0.756 bits per heavy atom. The van der Waals surface area contributed by atoms with Crippen LogP contribution in [0.3, 0.4) is 0 Å². The highest BCUT2D eigenvalue weighted by Crippen LogP contribution is 2.29. The minimum absolute atomic E-state index is 0.277. The summed E-state index contributed by atoms with van der Waals surface area (Å²) in [6, 6.07) is 28.5. The summed E-state index contributed by atoms with van der Waals surface area (Å²) in [5, 5.41) is 4.05. The molecule has 0 aromatic heterocycles. The SMILES string of the molecule is CCCOc1ccc(C(=O)Oc2ccc(C=NNC(=O)c3ccc(OCc4ccccc4)cc3)cc2OCC)cc1. The molecule has 0 fully saturated rings. The summed E-state index contributed by atoms with van der Waals surface area (Å²) in [6.07, 6.45) is 2.38. The number of benzene rings is 4. The van der Waals surface area contributed by atoms with Gasteiger partial charge in [-0.3, -0.25) is 4.79 Å².